The highest BCUT2D eigenvalue weighted by atomic mass is 16.5. The minimum Gasteiger partial charge on any atom is -0.496 e. The summed E-state index contributed by atoms with van der Waals surface area (Å²) in [5, 5.41) is 0. The molecule has 2 amide bonds. The van der Waals surface area contributed by atoms with E-state index >= 15 is 0 Å². The third-order valence-corrected chi connectivity index (χ3v) is 2.62. The van der Waals surface area contributed by atoms with E-state index in [1.165, 1.54) is 0 Å². The van der Waals surface area contributed by atoms with Crippen LogP contribution in [0.2, 0.25) is 0 Å². The predicted octanol–water partition coefficient (Wildman–Crippen LogP) is 1.85. The molecule has 0 radical (unpaired) electrons. The second-order valence-corrected chi connectivity index (χ2v) is 4.16. The first-order valence-electron chi connectivity index (χ1n) is 5.60. The van der Waals surface area contributed by atoms with Gasteiger partial charge in [-0.3, -0.25) is 0 Å². The van der Waals surface area contributed by atoms with Gasteiger partial charge in [-0.25, -0.2) is 4.79 Å². The minimum atomic E-state index is 0.0138. The Morgan fingerprint density at radius 3 is 2.47 bits per heavy atom. The van der Waals surface area contributed by atoms with Crippen LogP contribution in [0.5, 0.6) is 5.75 Å². The van der Waals surface area contributed by atoms with E-state index in [0.717, 1.165) is 17.7 Å². The van der Waals surface area contributed by atoms with Gasteiger partial charge in [0.05, 0.1) is 7.11 Å². The lowest BCUT2D eigenvalue weighted by Crippen LogP contribution is -2.37. The lowest BCUT2D eigenvalue weighted by molar-refractivity contribution is 0.182. The van der Waals surface area contributed by atoms with Crippen LogP contribution in [0, 0.1) is 0 Å². The molecule has 0 aromatic heterocycles. The van der Waals surface area contributed by atoms with Crippen molar-refractivity contribution < 1.29 is 9.53 Å². The van der Waals surface area contributed by atoms with Gasteiger partial charge in [-0.15, -0.1) is 0 Å². The highest BCUT2D eigenvalue weighted by molar-refractivity contribution is 5.73. The highest BCUT2D eigenvalue weighted by Crippen LogP contribution is 2.17. The molecular weight excluding hydrogens is 216 g/mol. The number of para-hydroxylation sites is 1. The fourth-order valence-corrected chi connectivity index (χ4v) is 1.63. The Bertz CT molecular complexity index is 377. The number of hydrogen-bond donors (Lipinski definition) is 0. The Hall–Kier alpha value is -1.71. The number of nitrogens with zero attached hydrogens (tertiary/aromatic N) is 2. The number of urea groups is 1. The maximum Gasteiger partial charge on any atom is 0.319 e. The van der Waals surface area contributed by atoms with Crippen molar-refractivity contribution in [1.29, 1.82) is 0 Å². The van der Waals surface area contributed by atoms with E-state index in [4.69, 9.17) is 4.74 Å². The van der Waals surface area contributed by atoms with Gasteiger partial charge in [-0.05, 0) is 18.1 Å². The molecular formula is C13H20N2O2. The Balaban J connectivity index is 2.58. The number of ether oxygens (including phenoxy) is 1. The lowest BCUT2D eigenvalue weighted by atomic mass is 10.1. The third-order valence-electron chi connectivity index (χ3n) is 2.62. The zero-order valence-corrected chi connectivity index (χ0v) is 10.9. The monoisotopic (exact) mass is 236 g/mol. The van der Waals surface area contributed by atoms with E-state index in [1.54, 1.807) is 38.1 Å². The summed E-state index contributed by atoms with van der Waals surface area (Å²) < 4.78 is 5.27. The van der Waals surface area contributed by atoms with Crippen molar-refractivity contribution in [3.8, 4) is 5.75 Å². The van der Waals surface area contributed by atoms with Crippen LogP contribution in [0.15, 0.2) is 24.3 Å². The molecule has 17 heavy (non-hydrogen) atoms. The summed E-state index contributed by atoms with van der Waals surface area (Å²) in [5.74, 6) is 0.873. The summed E-state index contributed by atoms with van der Waals surface area (Å²) in [4.78, 5) is 14.9. The fraction of sp³-hybridized carbons (Fsp3) is 0.462. The average molecular weight is 236 g/mol. The van der Waals surface area contributed by atoms with Crippen LogP contribution < -0.4 is 4.74 Å². The lowest BCUT2D eigenvalue weighted by Gasteiger charge is -2.22. The van der Waals surface area contributed by atoms with Gasteiger partial charge in [0.2, 0.25) is 0 Å². The van der Waals surface area contributed by atoms with Gasteiger partial charge >= 0.3 is 6.03 Å². The first kappa shape index (κ1) is 13.4. The van der Waals surface area contributed by atoms with Gasteiger partial charge in [-0.1, -0.05) is 18.2 Å². The summed E-state index contributed by atoms with van der Waals surface area (Å²) in [6, 6.07) is 7.89. The number of amides is 2. The molecule has 0 atom stereocenters. The van der Waals surface area contributed by atoms with Crippen molar-refractivity contribution in [2.75, 3.05) is 34.8 Å². The molecule has 94 valence electrons. The van der Waals surface area contributed by atoms with Crippen LogP contribution in [-0.4, -0.2) is 50.6 Å². The van der Waals surface area contributed by atoms with E-state index in [1.807, 2.05) is 24.3 Å². The molecule has 0 aliphatic rings. The van der Waals surface area contributed by atoms with E-state index in [9.17, 15) is 4.79 Å². The zero-order chi connectivity index (χ0) is 12.8. The topological polar surface area (TPSA) is 32.8 Å². The quantitative estimate of drug-likeness (QED) is 0.799. The number of likely N-dealkylation sites (N-methyl/N-ethyl adjacent to an activating group) is 1. The van der Waals surface area contributed by atoms with Gasteiger partial charge in [0, 0.05) is 27.7 Å². The third kappa shape index (κ3) is 3.66. The molecule has 0 bridgehead atoms. The molecule has 0 unspecified atom stereocenters. The summed E-state index contributed by atoms with van der Waals surface area (Å²) in [7, 11) is 6.97. The van der Waals surface area contributed by atoms with Gasteiger partial charge in [0.25, 0.3) is 0 Å². The van der Waals surface area contributed by atoms with Gasteiger partial charge in [0.15, 0.2) is 0 Å². The first-order chi connectivity index (χ1) is 8.06. The molecule has 0 saturated carbocycles. The normalized spacial score (nSPS) is 9.88. The molecule has 0 N–H and O–H groups in total. The van der Waals surface area contributed by atoms with Crippen LogP contribution in [0.25, 0.3) is 0 Å². The predicted molar refractivity (Wildman–Crippen MR) is 68.4 cm³/mol. The van der Waals surface area contributed by atoms with Crippen molar-refractivity contribution in [2.45, 2.75) is 6.42 Å². The molecule has 1 rings (SSSR count). The van der Waals surface area contributed by atoms with Crippen molar-refractivity contribution in [3.63, 3.8) is 0 Å². The molecule has 0 aliphatic carbocycles. The Morgan fingerprint density at radius 2 is 1.88 bits per heavy atom. The van der Waals surface area contributed by atoms with Crippen molar-refractivity contribution in [1.82, 2.24) is 9.80 Å². The summed E-state index contributed by atoms with van der Waals surface area (Å²) in [5.41, 5.74) is 1.12. The average Bonchev–Trinajstić information content (AvgIpc) is 2.35. The molecule has 1 aromatic rings. The van der Waals surface area contributed by atoms with Crippen LogP contribution in [0.1, 0.15) is 5.56 Å². The zero-order valence-electron chi connectivity index (χ0n) is 10.9. The van der Waals surface area contributed by atoms with E-state index in [-0.39, 0.29) is 6.03 Å². The van der Waals surface area contributed by atoms with Crippen LogP contribution in [-0.2, 0) is 6.42 Å². The minimum absolute atomic E-state index is 0.0138. The number of carbonyl (C=O) groups excluding carboxylic acids is 1. The summed E-state index contributed by atoms with van der Waals surface area (Å²) >= 11 is 0. The SMILES string of the molecule is COc1ccccc1CCN(C)C(=O)N(C)C. The van der Waals surface area contributed by atoms with Gasteiger partial charge in [0.1, 0.15) is 5.75 Å². The second kappa shape index (κ2) is 6.13. The molecule has 0 saturated heterocycles. The van der Waals surface area contributed by atoms with Crippen LogP contribution in [0.3, 0.4) is 0 Å². The number of carbonyl (C=O) groups is 1. The molecule has 0 aliphatic heterocycles. The van der Waals surface area contributed by atoms with E-state index in [0.29, 0.717) is 6.54 Å². The second-order valence-electron chi connectivity index (χ2n) is 4.16. The van der Waals surface area contributed by atoms with Crippen molar-refractivity contribution in [2.24, 2.45) is 0 Å². The van der Waals surface area contributed by atoms with Crippen LogP contribution in [0.4, 0.5) is 4.79 Å². The summed E-state index contributed by atoms with van der Waals surface area (Å²) in [6.45, 7) is 0.678. The van der Waals surface area contributed by atoms with Gasteiger partial charge in [-0.2, -0.15) is 0 Å². The standard InChI is InChI=1S/C13H20N2O2/c1-14(2)13(16)15(3)10-9-11-7-5-6-8-12(11)17-4/h5-8H,9-10H2,1-4H3. The number of methoxy groups -OCH3 is 1. The largest absolute Gasteiger partial charge is 0.496 e. The van der Waals surface area contributed by atoms with Crippen LogP contribution >= 0.6 is 0 Å². The molecule has 4 heteroatoms. The van der Waals surface area contributed by atoms with Gasteiger partial charge < -0.3 is 14.5 Å². The van der Waals surface area contributed by atoms with Crippen molar-refractivity contribution >= 4 is 6.03 Å². The molecule has 0 heterocycles. The maximum atomic E-state index is 11.6. The van der Waals surface area contributed by atoms with E-state index in [2.05, 4.69) is 0 Å². The molecule has 0 spiro atoms. The smallest absolute Gasteiger partial charge is 0.319 e. The Labute approximate surface area is 103 Å². The van der Waals surface area contributed by atoms with Crippen molar-refractivity contribution in [3.05, 3.63) is 29.8 Å². The molecule has 4 nitrogen and oxygen atoms in total. The molecule has 1 aromatic carbocycles. The summed E-state index contributed by atoms with van der Waals surface area (Å²) in [6.07, 6.45) is 0.792. The Morgan fingerprint density at radius 1 is 1.24 bits per heavy atom. The Kier molecular flexibility index (Phi) is 4.82. The number of rotatable bonds is 4. The van der Waals surface area contributed by atoms with E-state index < -0.39 is 0 Å². The highest BCUT2D eigenvalue weighted by Gasteiger charge is 2.11. The first-order valence-corrected chi connectivity index (χ1v) is 5.60. The maximum absolute atomic E-state index is 11.6. The number of benzene rings is 1. The molecule has 0 fully saturated rings. The fourth-order valence-electron chi connectivity index (χ4n) is 1.63. The number of hydrogen-bond acceptors (Lipinski definition) is 2.